The predicted molar refractivity (Wildman–Crippen MR) is 75.2 cm³/mol. The van der Waals surface area contributed by atoms with E-state index in [4.69, 9.17) is 9.47 Å². The molecule has 1 aromatic rings. The zero-order valence-electron chi connectivity index (χ0n) is 12.3. The highest BCUT2D eigenvalue weighted by Crippen LogP contribution is 2.17. The summed E-state index contributed by atoms with van der Waals surface area (Å²) in [6, 6.07) is 7.75. The molecule has 0 radical (unpaired) electrons. The van der Waals surface area contributed by atoms with E-state index < -0.39 is 6.10 Å². The van der Waals surface area contributed by atoms with Gasteiger partial charge in [0.1, 0.15) is 18.4 Å². The fraction of sp³-hybridized carbons (Fsp3) is 0.600. The Kier molecular flexibility index (Phi) is 6.28. The van der Waals surface area contributed by atoms with E-state index in [0.717, 1.165) is 11.3 Å². The minimum atomic E-state index is -0.450. The van der Waals surface area contributed by atoms with Crippen LogP contribution in [-0.4, -0.2) is 37.0 Å². The Morgan fingerprint density at radius 1 is 1.26 bits per heavy atom. The van der Waals surface area contributed by atoms with Gasteiger partial charge in [-0.25, -0.2) is 0 Å². The van der Waals surface area contributed by atoms with E-state index in [1.165, 1.54) is 0 Å². The van der Waals surface area contributed by atoms with Crippen LogP contribution in [0.3, 0.4) is 0 Å². The minimum absolute atomic E-state index is 0.129. The first-order valence-corrected chi connectivity index (χ1v) is 6.64. The van der Waals surface area contributed by atoms with Gasteiger partial charge in [0.15, 0.2) is 0 Å². The number of hydrogen-bond acceptors (Lipinski definition) is 3. The zero-order valence-corrected chi connectivity index (χ0v) is 12.3. The van der Waals surface area contributed by atoms with Crippen molar-refractivity contribution in [2.75, 3.05) is 20.3 Å². The van der Waals surface area contributed by atoms with Crippen LogP contribution in [-0.2, 0) is 11.3 Å². The van der Waals surface area contributed by atoms with E-state index in [-0.39, 0.29) is 5.54 Å². The van der Waals surface area contributed by atoms with Crippen molar-refractivity contribution in [3.05, 3.63) is 29.8 Å². The molecule has 0 fully saturated rings. The van der Waals surface area contributed by atoms with Gasteiger partial charge in [0, 0.05) is 5.56 Å². The van der Waals surface area contributed by atoms with Crippen LogP contribution in [0.2, 0.25) is 0 Å². The summed E-state index contributed by atoms with van der Waals surface area (Å²) in [5.41, 5.74) is 1.13. The average molecular weight is 268 g/mol. The molecule has 4 nitrogen and oxygen atoms in total. The van der Waals surface area contributed by atoms with Gasteiger partial charge < -0.3 is 19.9 Å². The van der Waals surface area contributed by atoms with E-state index in [2.05, 4.69) is 26.1 Å². The number of para-hydroxylation sites is 1. The molecule has 0 aliphatic carbocycles. The van der Waals surface area contributed by atoms with Crippen molar-refractivity contribution < 1.29 is 19.9 Å². The molecule has 1 aromatic carbocycles. The second-order valence-corrected chi connectivity index (χ2v) is 5.79. The van der Waals surface area contributed by atoms with Crippen molar-refractivity contribution in [3.8, 4) is 5.75 Å². The smallest absolute Gasteiger partial charge is 0.126 e. The number of hydrogen-bond donors (Lipinski definition) is 2. The fourth-order valence-electron chi connectivity index (χ4n) is 1.68. The van der Waals surface area contributed by atoms with Crippen LogP contribution in [0, 0.1) is 0 Å². The number of nitrogens with two attached hydrogens (primary N) is 1. The molecule has 0 amide bonds. The summed E-state index contributed by atoms with van der Waals surface area (Å²) in [5.74, 6) is 0.818. The zero-order chi connectivity index (χ0) is 14.3. The molecular weight excluding hydrogens is 242 g/mol. The molecule has 0 aliphatic rings. The Balaban J connectivity index is 2.30. The van der Waals surface area contributed by atoms with Crippen molar-refractivity contribution >= 4 is 0 Å². The molecule has 4 heteroatoms. The molecule has 0 spiro atoms. The van der Waals surface area contributed by atoms with Gasteiger partial charge in [-0.15, -0.1) is 0 Å². The van der Waals surface area contributed by atoms with Crippen LogP contribution in [0.5, 0.6) is 5.75 Å². The van der Waals surface area contributed by atoms with Gasteiger partial charge in [0.05, 0.1) is 25.9 Å². The lowest BCUT2D eigenvalue weighted by atomic mass is 10.1. The van der Waals surface area contributed by atoms with Crippen LogP contribution in [0.4, 0.5) is 0 Å². The van der Waals surface area contributed by atoms with Gasteiger partial charge in [-0.1, -0.05) is 18.2 Å². The summed E-state index contributed by atoms with van der Waals surface area (Å²) >= 11 is 0. The molecule has 1 rings (SSSR count). The second kappa shape index (κ2) is 7.48. The van der Waals surface area contributed by atoms with Crippen LogP contribution >= 0.6 is 0 Å². The number of benzene rings is 1. The van der Waals surface area contributed by atoms with E-state index in [0.29, 0.717) is 19.8 Å². The average Bonchev–Trinajstić information content (AvgIpc) is 2.36. The van der Waals surface area contributed by atoms with Gasteiger partial charge in [-0.3, -0.25) is 0 Å². The summed E-state index contributed by atoms with van der Waals surface area (Å²) in [6.07, 6.45) is -0.450. The molecular formula is C15H26NO3+. The summed E-state index contributed by atoms with van der Waals surface area (Å²) in [6.45, 7) is 7.80. The van der Waals surface area contributed by atoms with Crippen molar-refractivity contribution in [2.24, 2.45) is 0 Å². The third kappa shape index (κ3) is 6.57. The van der Waals surface area contributed by atoms with Gasteiger partial charge >= 0.3 is 0 Å². The maximum Gasteiger partial charge on any atom is 0.126 e. The number of methoxy groups -OCH3 is 1. The second-order valence-electron chi connectivity index (χ2n) is 5.79. The molecule has 108 valence electrons. The quantitative estimate of drug-likeness (QED) is 0.773. The third-order valence-electron chi connectivity index (χ3n) is 2.76. The largest absolute Gasteiger partial charge is 0.496 e. The first kappa shape index (κ1) is 16.0. The van der Waals surface area contributed by atoms with E-state index in [1.807, 2.05) is 24.3 Å². The molecule has 0 aromatic heterocycles. The van der Waals surface area contributed by atoms with Crippen molar-refractivity contribution in [1.82, 2.24) is 0 Å². The highest BCUT2D eigenvalue weighted by molar-refractivity contribution is 5.32. The van der Waals surface area contributed by atoms with Crippen LogP contribution < -0.4 is 10.1 Å². The highest BCUT2D eigenvalue weighted by Gasteiger charge is 2.16. The normalized spacial score (nSPS) is 13.3. The summed E-state index contributed by atoms with van der Waals surface area (Å²) in [7, 11) is 1.64. The Hall–Kier alpha value is -1.10. The van der Waals surface area contributed by atoms with Gasteiger partial charge in [-0.05, 0) is 26.8 Å². The van der Waals surface area contributed by atoms with E-state index >= 15 is 0 Å². The number of rotatable bonds is 7. The first-order chi connectivity index (χ1) is 8.92. The van der Waals surface area contributed by atoms with Crippen LogP contribution in [0.25, 0.3) is 0 Å². The fourth-order valence-corrected chi connectivity index (χ4v) is 1.68. The summed E-state index contributed by atoms with van der Waals surface area (Å²) in [4.78, 5) is 0. The van der Waals surface area contributed by atoms with Crippen molar-refractivity contribution in [3.63, 3.8) is 0 Å². The van der Waals surface area contributed by atoms with E-state index in [1.54, 1.807) is 7.11 Å². The topological polar surface area (TPSA) is 55.3 Å². The van der Waals surface area contributed by atoms with Crippen molar-refractivity contribution in [1.29, 1.82) is 0 Å². The first-order valence-electron chi connectivity index (χ1n) is 6.64. The molecule has 3 N–H and O–H groups in total. The van der Waals surface area contributed by atoms with Crippen molar-refractivity contribution in [2.45, 2.75) is 39.0 Å². The van der Waals surface area contributed by atoms with Gasteiger partial charge in [0.2, 0.25) is 0 Å². The van der Waals surface area contributed by atoms with Gasteiger partial charge in [-0.2, -0.15) is 0 Å². The minimum Gasteiger partial charge on any atom is -0.496 e. The molecule has 0 unspecified atom stereocenters. The Labute approximate surface area is 115 Å². The maximum absolute atomic E-state index is 9.83. The number of quaternary nitrogens is 1. The Morgan fingerprint density at radius 3 is 2.58 bits per heavy atom. The molecule has 1 atom stereocenters. The lowest BCUT2D eigenvalue weighted by Crippen LogP contribution is -2.96. The number of ether oxygens (including phenoxy) is 2. The van der Waals surface area contributed by atoms with E-state index in [9.17, 15) is 5.11 Å². The summed E-state index contributed by atoms with van der Waals surface area (Å²) in [5, 5.41) is 11.9. The molecule has 19 heavy (non-hydrogen) atoms. The monoisotopic (exact) mass is 268 g/mol. The molecule has 0 saturated carbocycles. The third-order valence-corrected chi connectivity index (χ3v) is 2.76. The molecule has 0 heterocycles. The highest BCUT2D eigenvalue weighted by atomic mass is 16.5. The molecule has 0 aliphatic heterocycles. The lowest BCUT2D eigenvalue weighted by Gasteiger charge is -2.19. The Bertz CT molecular complexity index is 374. The SMILES string of the molecule is COc1ccccc1COC[C@H](O)C[NH2+]C(C)(C)C. The molecule has 0 saturated heterocycles. The summed E-state index contributed by atoms with van der Waals surface area (Å²) < 4.78 is 10.8. The number of aliphatic hydroxyl groups excluding tert-OH is 1. The van der Waals surface area contributed by atoms with Crippen LogP contribution in [0.15, 0.2) is 24.3 Å². The predicted octanol–water partition coefficient (Wildman–Crippen LogP) is 0.935. The molecule has 0 bridgehead atoms. The van der Waals surface area contributed by atoms with Gasteiger partial charge in [0.25, 0.3) is 0 Å². The lowest BCUT2D eigenvalue weighted by molar-refractivity contribution is -0.722. The van der Waals surface area contributed by atoms with Crippen LogP contribution in [0.1, 0.15) is 26.3 Å². The number of aliphatic hydroxyl groups is 1. The standard InChI is InChI=1S/C15H25NO3/c1-15(2,3)16-9-13(17)11-19-10-12-7-5-6-8-14(12)18-4/h5-8,13,16-17H,9-11H2,1-4H3/p+1/t13-/m1/s1. The maximum atomic E-state index is 9.83. The Morgan fingerprint density at radius 2 is 1.95 bits per heavy atom.